The summed E-state index contributed by atoms with van der Waals surface area (Å²) in [5.41, 5.74) is 2.61. The maximum absolute atomic E-state index is 12.6. The number of fused-ring (bicyclic) bond motifs is 1. The molecule has 146 valence electrons. The highest BCUT2D eigenvalue weighted by Crippen LogP contribution is 2.28. The van der Waals surface area contributed by atoms with Crippen molar-refractivity contribution in [1.82, 2.24) is 15.3 Å². The molecule has 1 fully saturated rings. The molecule has 7 heteroatoms. The molecule has 28 heavy (non-hydrogen) atoms. The summed E-state index contributed by atoms with van der Waals surface area (Å²) in [6, 6.07) is 10.1. The highest BCUT2D eigenvalue weighted by Gasteiger charge is 2.27. The van der Waals surface area contributed by atoms with E-state index in [1.165, 1.54) is 0 Å². The first-order valence-electron chi connectivity index (χ1n) is 9.59. The number of carbonyl (C=O) groups is 1. The molecule has 3 aromatic rings. The number of amides is 1. The van der Waals surface area contributed by atoms with E-state index in [1.54, 1.807) is 18.3 Å². The standard InChI is InChI=1S/C21H23ClN4O2/c1-14(11-15-3-2-8-23-13-15)24-20(27)16-6-9-26(10-7-16)21-25-18-5-4-17(22)12-19(18)28-21/h2-5,8,12-14,16H,6-7,9-11H2,1H3,(H,24,27). The molecule has 1 atom stereocenters. The van der Waals surface area contributed by atoms with Gasteiger partial charge in [-0.05, 0) is 49.9 Å². The summed E-state index contributed by atoms with van der Waals surface area (Å²) in [4.78, 5) is 23.4. The molecule has 0 radical (unpaired) electrons. The Morgan fingerprint density at radius 2 is 2.18 bits per heavy atom. The van der Waals surface area contributed by atoms with Gasteiger partial charge >= 0.3 is 0 Å². The van der Waals surface area contributed by atoms with E-state index in [0.717, 1.165) is 43.4 Å². The number of oxazole rings is 1. The normalized spacial score (nSPS) is 16.3. The predicted octanol–water partition coefficient (Wildman–Crippen LogP) is 3.84. The quantitative estimate of drug-likeness (QED) is 0.707. The number of halogens is 1. The highest BCUT2D eigenvalue weighted by molar-refractivity contribution is 6.31. The number of nitrogens with zero attached hydrogens (tertiary/aromatic N) is 3. The molecule has 2 aromatic heterocycles. The predicted molar refractivity (Wildman–Crippen MR) is 110 cm³/mol. The van der Waals surface area contributed by atoms with Gasteiger partial charge in [0.25, 0.3) is 6.01 Å². The molecule has 1 unspecified atom stereocenters. The Hall–Kier alpha value is -2.60. The number of rotatable bonds is 5. The van der Waals surface area contributed by atoms with Crippen LogP contribution in [0.5, 0.6) is 0 Å². The summed E-state index contributed by atoms with van der Waals surface area (Å²) in [5.74, 6) is 0.145. The Balaban J connectivity index is 1.31. The lowest BCUT2D eigenvalue weighted by molar-refractivity contribution is -0.126. The number of carbonyl (C=O) groups excluding carboxylic acids is 1. The molecule has 0 aliphatic carbocycles. The molecular formula is C21H23ClN4O2. The van der Waals surface area contributed by atoms with Crippen LogP contribution in [0.4, 0.5) is 6.01 Å². The lowest BCUT2D eigenvalue weighted by Crippen LogP contribution is -2.43. The Labute approximate surface area is 168 Å². The summed E-state index contributed by atoms with van der Waals surface area (Å²) >= 11 is 6.01. The maximum atomic E-state index is 12.6. The SMILES string of the molecule is CC(Cc1cccnc1)NC(=O)C1CCN(c2nc3ccc(Cl)cc3o2)CC1. The average Bonchev–Trinajstić information content (AvgIpc) is 3.12. The van der Waals surface area contributed by atoms with Crippen LogP contribution in [0.3, 0.4) is 0 Å². The summed E-state index contributed by atoms with van der Waals surface area (Å²) in [5, 5.41) is 3.77. The minimum absolute atomic E-state index is 0.0198. The maximum Gasteiger partial charge on any atom is 0.298 e. The number of benzene rings is 1. The molecule has 1 saturated heterocycles. The second-order valence-corrected chi connectivity index (χ2v) is 7.78. The van der Waals surface area contributed by atoms with E-state index in [-0.39, 0.29) is 17.9 Å². The van der Waals surface area contributed by atoms with Crippen molar-refractivity contribution in [1.29, 1.82) is 0 Å². The molecule has 0 spiro atoms. The third-order valence-corrected chi connectivity index (χ3v) is 5.36. The van der Waals surface area contributed by atoms with Gasteiger partial charge in [-0.2, -0.15) is 4.98 Å². The van der Waals surface area contributed by atoms with Gasteiger partial charge in [-0.15, -0.1) is 0 Å². The number of piperidine rings is 1. The largest absolute Gasteiger partial charge is 0.423 e. The molecule has 0 saturated carbocycles. The Kier molecular flexibility index (Phi) is 5.48. The summed E-state index contributed by atoms with van der Waals surface area (Å²) in [6.45, 7) is 3.52. The molecule has 1 aromatic carbocycles. The van der Waals surface area contributed by atoms with Crippen LogP contribution in [0.2, 0.25) is 5.02 Å². The third-order valence-electron chi connectivity index (χ3n) is 5.13. The minimum atomic E-state index is 0.0198. The van der Waals surface area contributed by atoms with Crippen molar-refractivity contribution >= 4 is 34.6 Å². The summed E-state index contributed by atoms with van der Waals surface area (Å²) in [7, 11) is 0. The van der Waals surface area contributed by atoms with Gasteiger partial charge in [0.15, 0.2) is 5.58 Å². The summed E-state index contributed by atoms with van der Waals surface area (Å²) in [6.07, 6.45) is 5.94. The fourth-order valence-electron chi connectivity index (χ4n) is 3.64. The van der Waals surface area contributed by atoms with Gasteiger partial charge in [0, 0.05) is 48.5 Å². The van der Waals surface area contributed by atoms with E-state index in [4.69, 9.17) is 16.0 Å². The number of nitrogens with one attached hydrogen (secondary N) is 1. The zero-order valence-electron chi connectivity index (χ0n) is 15.8. The summed E-state index contributed by atoms with van der Waals surface area (Å²) < 4.78 is 5.84. The van der Waals surface area contributed by atoms with Crippen molar-refractivity contribution in [3.8, 4) is 0 Å². The first kappa shape index (κ1) is 18.7. The lowest BCUT2D eigenvalue weighted by atomic mass is 9.95. The molecule has 1 amide bonds. The van der Waals surface area contributed by atoms with Crippen LogP contribution >= 0.6 is 11.6 Å². The number of pyridine rings is 1. The van der Waals surface area contributed by atoms with E-state index < -0.39 is 0 Å². The highest BCUT2D eigenvalue weighted by atomic mass is 35.5. The lowest BCUT2D eigenvalue weighted by Gasteiger charge is -2.30. The second-order valence-electron chi connectivity index (χ2n) is 7.34. The van der Waals surface area contributed by atoms with Crippen LogP contribution in [-0.2, 0) is 11.2 Å². The first-order valence-corrected chi connectivity index (χ1v) is 9.96. The third kappa shape index (κ3) is 4.28. The number of hydrogen-bond donors (Lipinski definition) is 1. The zero-order chi connectivity index (χ0) is 19.5. The van der Waals surface area contributed by atoms with Crippen LogP contribution in [0.1, 0.15) is 25.3 Å². The second kappa shape index (κ2) is 8.19. The van der Waals surface area contributed by atoms with E-state index in [0.29, 0.717) is 16.6 Å². The van der Waals surface area contributed by atoms with E-state index in [2.05, 4.69) is 20.2 Å². The van der Waals surface area contributed by atoms with Crippen molar-refractivity contribution in [2.45, 2.75) is 32.2 Å². The zero-order valence-corrected chi connectivity index (χ0v) is 16.5. The van der Waals surface area contributed by atoms with Crippen molar-refractivity contribution in [3.63, 3.8) is 0 Å². The van der Waals surface area contributed by atoms with Crippen molar-refractivity contribution < 1.29 is 9.21 Å². The van der Waals surface area contributed by atoms with Gasteiger partial charge in [-0.3, -0.25) is 9.78 Å². The smallest absolute Gasteiger partial charge is 0.298 e. The molecule has 1 aliphatic rings. The number of anilines is 1. The van der Waals surface area contributed by atoms with E-state index >= 15 is 0 Å². The molecule has 1 aliphatic heterocycles. The van der Waals surface area contributed by atoms with Crippen LogP contribution < -0.4 is 10.2 Å². The van der Waals surface area contributed by atoms with Crippen LogP contribution in [0.15, 0.2) is 47.1 Å². The monoisotopic (exact) mass is 398 g/mol. The Bertz CT molecular complexity index is 951. The van der Waals surface area contributed by atoms with Crippen molar-refractivity contribution in [2.75, 3.05) is 18.0 Å². The minimum Gasteiger partial charge on any atom is -0.423 e. The molecule has 0 bridgehead atoms. The van der Waals surface area contributed by atoms with Gasteiger partial charge in [0.2, 0.25) is 5.91 Å². The van der Waals surface area contributed by atoms with Gasteiger partial charge in [0.1, 0.15) is 5.52 Å². The van der Waals surface area contributed by atoms with Gasteiger partial charge in [-0.25, -0.2) is 0 Å². The molecule has 3 heterocycles. The number of aromatic nitrogens is 2. The van der Waals surface area contributed by atoms with Gasteiger partial charge in [0.05, 0.1) is 0 Å². The topological polar surface area (TPSA) is 71.3 Å². The average molecular weight is 399 g/mol. The van der Waals surface area contributed by atoms with Crippen molar-refractivity contribution in [2.24, 2.45) is 5.92 Å². The molecule has 4 rings (SSSR count). The van der Waals surface area contributed by atoms with Gasteiger partial charge in [-0.1, -0.05) is 17.7 Å². The van der Waals surface area contributed by atoms with Crippen molar-refractivity contribution in [3.05, 3.63) is 53.3 Å². The van der Waals surface area contributed by atoms with E-state index in [1.807, 2.05) is 31.3 Å². The fourth-order valence-corrected chi connectivity index (χ4v) is 3.80. The van der Waals surface area contributed by atoms with Crippen LogP contribution in [0, 0.1) is 5.92 Å². The van der Waals surface area contributed by atoms with E-state index in [9.17, 15) is 4.79 Å². The molecular weight excluding hydrogens is 376 g/mol. The van der Waals surface area contributed by atoms with Gasteiger partial charge < -0.3 is 14.6 Å². The van der Waals surface area contributed by atoms with Crippen LogP contribution in [-0.4, -0.2) is 35.0 Å². The fraction of sp³-hybridized carbons (Fsp3) is 0.381. The Morgan fingerprint density at radius 3 is 2.93 bits per heavy atom. The first-order chi connectivity index (χ1) is 13.6. The number of hydrogen-bond acceptors (Lipinski definition) is 5. The molecule has 1 N–H and O–H groups in total. The Morgan fingerprint density at radius 1 is 1.36 bits per heavy atom. The molecule has 6 nitrogen and oxygen atoms in total. The van der Waals surface area contributed by atoms with Crippen LogP contribution in [0.25, 0.3) is 11.1 Å².